The molecule has 1 fully saturated rings. The van der Waals surface area contributed by atoms with Crippen molar-refractivity contribution >= 4 is 17.3 Å². The van der Waals surface area contributed by atoms with Crippen LogP contribution in [0.2, 0.25) is 0 Å². The molecule has 1 saturated heterocycles. The Morgan fingerprint density at radius 3 is 2.57 bits per heavy atom. The zero-order valence-electron chi connectivity index (χ0n) is 17.7. The van der Waals surface area contributed by atoms with Crippen LogP contribution in [0.5, 0.6) is 5.75 Å². The first kappa shape index (κ1) is 20.4. The minimum atomic E-state index is 0.00172. The second kappa shape index (κ2) is 8.88. The summed E-state index contributed by atoms with van der Waals surface area (Å²) >= 11 is 5.77. The van der Waals surface area contributed by atoms with Crippen LogP contribution in [0, 0.1) is 6.92 Å². The second-order valence-electron chi connectivity index (χ2n) is 7.61. The first-order valence-corrected chi connectivity index (χ1v) is 10.9. The summed E-state index contributed by atoms with van der Waals surface area (Å²) in [6.45, 7) is 5.27. The summed E-state index contributed by atoms with van der Waals surface area (Å²) in [5.41, 5.74) is 4.50. The molecular formula is C24H28N4OS. The van der Waals surface area contributed by atoms with Crippen molar-refractivity contribution in [1.29, 1.82) is 0 Å². The zero-order valence-corrected chi connectivity index (χ0v) is 18.5. The minimum Gasteiger partial charge on any atom is -0.497 e. The van der Waals surface area contributed by atoms with Gasteiger partial charge in [-0.15, -0.1) is 0 Å². The van der Waals surface area contributed by atoms with Crippen LogP contribution in [0.1, 0.15) is 48.9 Å². The predicted molar refractivity (Wildman–Crippen MR) is 124 cm³/mol. The van der Waals surface area contributed by atoms with Gasteiger partial charge in [0.25, 0.3) is 0 Å². The van der Waals surface area contributed by atoms with Crippen LogP contribution in [0.3, 0.4) is 0 Å². The lowest BCUT2D eigenvalue weighted by Gasteiger charge is -2.29. The van der Waals surface area contributed by atoms with Crippen molar-refractivity contribution in [3.63, 3.8) is 0 Å². The summed E-state index contributed by atoms with van der Waals surface area (Å²) in [6, 6.07) is 18.7. The van der Waals surface area contributed by atoms with E-state index in [1.165, 1.54) is 11.4 Å². The standard InChI is InChI=1S/C24H28N4OS/c1-4-5-16-27-23(22(26-24(27)30)20-8-6-7-15-25-20)21-14-9-17(2)28(21)18-10-12-19(29-3)13-11-18/h6-15,22-23H,4-5,16H2,1-3H3,(H,26,30). The molecule has 2 aromatic heterocycles. The lowest BCUT2D eigenvalue weighted by Crippen LogP contribution is -2.31. The maximum Gasteiger partial charge on any atom is 0.170 e. The van der Waals surface area contributed by atoms with Crippen molar-refractivity contribution in [3.8, 4) is 11.4 Å². The van der Waals surface area contributed by atoms with Crippen LogP contribution in [-0.4, -0.2) is 33.2 Å². The molecule has 3 heterocycles. The van der Waals surface area contributed by atoms with Crippen molar-refractivity contribution in [2.24, 2.45) is 0 Å². The average Bonchev–Trinajstić information content (AvgIpc) is 3.32. The third-order valence-electron chi connectivity index (χ3n) is 5.69. The first-order valence-electron chi connectivity index (χ1n) is 10.4. The molecule has 1 aliphatic rings. The highest BCUT2D eigenvalue weighted by atomic mass is 32.1. The lowest BCUT2D eigenvalue weighted by molar-refractivity contribution is 0.304. The number of ether oxygens (including phenoxy) is 1. The molecule has 156 valence electrons. The number of benzene rings is 1. The Bertz CT molecular complexity index is 1000. The van der Waals surface area contributed by atoms with Crippen LogP contribution in [0.4, 0.5) is 0 Å². The molecule has 0 radical (unpaired) electrons. The van der Waals surface area contributed by atoms with Gasteiger partial charge >= 0.3 is 0 Å². The van der Waals surface area contributed by atoms with E-state index in [0.717, 1.165) is 41.6 Å². The Kier molecular flexibility index (Phi) is 6.04. The number of unbranched alkanes of at least 4 members (excludes halogenated alkanes) is 1. The molecule has 0 amide bonds. The number of methoxy groups -OCH3 is 1. The van der Waals surface area contributed by atoms with Gasteiger partial charge in [0.1, 0.15) is 5.75 Å². The zero-order chi connectivity index (χ0) is 21.1. The molecular weight excluding hydrogens is 392 g/mol. The summed E-state index contributed by atoms with van der Waals surface area (Å²) < 4.78 is 7.66. The first-order chi connectivity index (χ1) is 14.6. The number of nitrogens with zero attached hydrogens (tertiary/aromatic N) is 3. The fraction of sp³-hybridized carbons (Fsp3) is 0.333. The van der Waals surface area contributed by atoms with E-state index in [9.17, 15) is 0 Å². The van der Waals surface area contributed by atoms with Gasteiger partial charge < -0.3 is 19.5 Å². The van der Waals surface area contributed by atoms with E-state index in [1.807, 2.05) is 30.5 Å². The van der Waals surface area contributed by atoms with Gasteiger partial charge in [-0.1, -0.05) is 19.4 Å². The summed E-state index contributed by atoms with van der Waals surface area (Å²) in [4.78, 5) is 6.97. The molecule has 6 heteroatoms. The number of aryl methyl sites for hydroxylation is 1. The Morgan fingerprint density at radius 1 is 1.10 bits per heavy atom. The quantitative estimate of drug-likeness (QED) is 0.547. The number of hydrogen-bond donors (Lipinski definition) is 1. The van der Waals surface area contributed by atoms with Crippen LogP contribution in [0.25, 0.3) is 5.69 Å². The summed E-state index contributed by atoms with van der Waals surface area (Å²) in [5.74, 6) is 0.852. The highest BCUT2D eigenvalue weighted by Crippen LogP contribution is 2.40. The third-order valence-corrected chi connectivity index (χ3v) is 6.04. The fourth-order valence-corrected chi connectivity index (χ4v) is 4.50. The van der Waals surface area contributed by atoms with Crippen LogP contribution in [0.15, 0.2) is 60.8 Å². The number of nitrogens with one attached hydrogen (secondary N) is 1. The van der Waals surface area contributed by atoms with Crippen molar-refractivity contribution in [3.05, 3.63) is 77.9 Å². The SMILES string of the molecule is CCCCN1C(=S)NC(c2ccccn2)C1c1ccc(C)n1-c1ccc(OC)cc1. The Balaban J connectivity index is 1.81. The molecule has 1 N–H and O–H groups in total. The van der Waals surface area contributed by atoms with Gasteiger partial charge in [-0.05, 0) is 74.1 Å². The highest BCUT2D eigenvalue weighted by Gasteiger charge is 2.41. The molecule has 4 rings (SSSR count). The number of aromatic nitrogens is 2. The van der Waals surface area contributed by atoms with E-state index < -0.39 is 0 Å². The highest BCUT2D eigenvalue weighted by molar-refractivity contribution is 7.80. The van der Waals surface area contributed by atoms with E-state index in [4.69, 9.17) is 17.0 Å². The number of pyridine rings is 1. The van der Waals surface area contributed by atoms with Gasteiger partial charge in [-0.3, -0.25) is 4.98 Å². The normalized spacial score (nSPS) is 18.5. The molecule has 0 bridgehead atoms. The summed E-state index contributed by atoms with van der Waals surface area (Å²) in [5, 5.41) is 4.34. The molecule has 2 atom stereocenters. The van der Waals surface area contributed by atoms with E-state index in [0.29, 0.717) is 0 Å². The van der Waals surface area contributed by atoms with Crippen LogP contribution < -0.4 is 10.1 Å². The van der Waals surface area contributed by atoms with Crippen LogP contribution >= 0.6 is 12.2 Å². The Hall–Kier alpha value is -2.86. The molecule has 3 aromatic rings. The summed E-state index contributed by atoms with van der Waals surface area (Å²) in [7, 11) is 1.69. The van der Waals surface area contributed by atoms with Gasteiger partial charge in [0.15, 0.2) is 5.11 Å². The van der Waals surface area contributed by atoms with E-state index in [2.05, 4.69) is 63.9 Å². The maximum absolute atomic E-state index is 5.77. The Morgan fingerprint density at radius 2 is 1.90 bits per heavy atom. The average molecular weight is 421 g/mol. The van der Waals surface area contributed by atoms with E-state index >= 15 is 0 Å². The smallest absolute Gasteiger partial charge is 0.170 e. The fourth-order valence-electron chi connectivity index (χ4n) is 4.17. The third kappa shape index (κ3) is 3.79. The molecule has 2 unspecified atom stereocenters. The van der Waals surface area contributed by atoms with Crippen molar-refractivity contribution in [2.75, 3.05) is 13.7 Å². The van der Waals surface area contributed by atoms with Gasteiger partial charge in [0, 0.05) is 29.8 Å². The maximum atomic E-state index is 5.77. The number of rotatable bonds is 7. The van der Waals surface area contributed by atoms with Gasteiger partial charge in [0.2, 0.25) is 0 Å². The minimum absolute atomic E-state index is 0.00172. The molecule has 0 saturated carbocycles. The lowest BCUT2D eigenvalue weighted by atomic mass is 10.0. The van der Waals surface area contributed by atoms with Gasteiger partial charge in [-0.2, -0.15) is 0 Å². The predicted octanol–water partition coefficient (Wildman–Crippen LogP) is 4.96. The largest absolute Gasteiger partial charge is 0.497 e. The van der Waals surface area contributed by atoms with Gasteiger partial charge in [-0.25, -0.2) is 0 Å². The van der Waals surface area contributed by atoms with Crippen molar-refractivity contribution in [1.82, 2.24) is 19.8 Å². The van der Waals surface area contributed by atoms with E-state index in [1.54, 1.807) is 7.11 Å². The van der Waals surface area contributed by atoms with Crippen molar-refractivity contribution in [2.45, 2.75) is 38.8 Å². The molecule has 5 nitrogen and oxygen atoms in total. The molecule has 0 aliphatic carbocycles. The Labute approximate surface area is 183 Å². The van der Waals surface area contributed by atoms with Crippen molar-refractivity contribution < 1.29 is 4.74 Å². The van der Waals surface area contributed by atoms with E-state index in [-0.39, 0.29) is 12.1 Å². The topological polar surface area (TPSA) is 42.3 Å². The monoisotopic (exact) mass is 420 g/mol. The number of thiocarbonyl (C=S) groups is 1. The molecule has 1 aromatic carbocycles. The second-order valence-corrected chi connectivity index (χ2v) is 7.99. The van der Waals surface area contributed by atoms with Gasteiger partial charge in [0.05, 0.1) is 24.9 Å². The number of hydrogen-bond acceptors (Lipinski definition) is 3. The summed E-state index contributed by atoms with van der Waals surface area (Å²) in [6.07, 6.45) is 4.06. The molecule has 0 spiro atoms. The van der Waals surface area contributed by atoms with Crippen LogP contribution in [-0.2, 0) is 0 Å². The molecule has 30 heavy (non-hydrogen) atoms. The molecule has 1 aliphatic heterocycles.